The Morgan fingerprint density at radius 3 is 3.06 bits per heavy atom. The zero-order valence-electron chi connectivity index (χ0n) is 9.61. The first-order valence-electron chi connectivity index (χ1n) is 5.62. The summed E-state index contributed by atoms with van der Waals surface area (Å²) in [7, 11) is 0. The monoisotopic (exact) mass is 222 g/mol. The molecule has 0 aliphatic rings. The van der Waals surface area contributed by atoms with Crippen molar-refractivity contribution in [3.63, 3.8) is 0 Å². The molecule has 1 N–H and O–H groups in total. The van der Waals surface area contributed by atoms with Gasteiger partial charge in [0, 0.05) is 12.7 Å². The summed E-state index contributed by atoms with van der Waals surface area (Å²) in [5.41, 5.74) is 0. The van der Waals surface area contributed by atoms with Crippen LogP contribution in [-0.4, -0.2) is 24.0 Å². The molecule has 0 bridgehead atoms. The Morgan fingerprint density at radius 1 is 1.50 bits per heavy atom. The van der Waals surface area contributed by atoms with Crippen LogP contribution >= 0.6 is 0 Å². The first-order valence-corrected chi connectivity index (χ1v) is 5.62. The third-order valence-electron chi connectivity index (χ3n) is 2.11. The van der Waals surface area contributed by atoms with Crippen LogP contribution in [0, 0.1) is 0 Å². The van der Waals surface area contributed by atoms with E-state index in [0.717, 1.165) is 25.8 Å². The number of amides is 1. The maximum absolute atomic E-state index is 11.3. The Balaban J connectivity index is 2.11. The summed E-state index contributed by atoms with van der Waals surface area (Å²) in [6.45, 7) is 2.91. The van der Waals surface area contributed by atoms with Crippen molar-refractivity contribution in [1.29, 1.82) is 0 Å². The molecule has 0 atom stereocenters. The smallest absolute Gasteiger partial charge is 0.257 e. The summed E-state index contributed by atoms with van der Waals surface area (Å²) in [6, 6.07) is 3.55. The van der Waals surface area contributed by atoms with Crippen LogP contribution in [0.1, 0.15) is 26.2 Å². The summed E-state index contributed by atoms with van der Waals surface area (Å²) in [5.74, 6) is 0.533. The van der Waals surface area contributed by atoms with Gasteiger partial charge in [-0.15, -0.1) is 0 Å². The number of hydrogen-bond acceptors (Lipinski definition) is 3. The third kappa shape index (κ3) is 5.34. The molecule has 0 fully saturated rings. The predicted molar refractivity (Wildman–Crippen MR) is 62.3 cm³/mol. The van der Waals surface area contributed by atoms with Crippen molar-refractivity contribution in [3.05, 3.63) is 24.5 Å². The fourth-order valence-electron chi connectivity index (χ4n) is 1.24. The van der Waals surface area contributed by atoms with Gasteiger partial charge in [-0.3, -0.25) is 9.78 Å². The summed E-state index contributed by atoms with van der Waals surface area (Å²) >= 11 is 0. The van der Waals surface area contributed by atoms with Gasteiger partial charge in [0.2, 0.25) is 0 Å². The minimum Gasteiger partial charge on any atom is -0.482 e. The van der Waals surface area contributed by atoms with Gasteiger partial charge >= 0.3 is 0 Å². The highest BCUT2D eigenvalue weighted by molar-refractivity contribution is 5.77. The quantitative estimate of drug-likeness (QED) is 0.715. The average Bonchev–Trinajstić information content (AvgIpc) is 2.33. The number of carbonyl (C=O) groups is 1. The van der Waals surface area contributed by atoms with Gasteiger partial charge in [0.15, 0.2) is 6.61 Å². The molecule has 0 radical (unpaired) electrons. The van der Waals surface area contributed by atoms with E-state index in [1.807, 2.05) is 0 Å². The number of pyridine rings is 1. The number of aromatic nitrogens is 1. The van der Waals surface area contributed by atoms with Crippen LogP contribution in [0.2, 0.25) is 0 Å². The first kappa shape index (κ1) is 12.5. The molecule has 0 aromatic carbocycles. The highest BCUT2D eigenvalue weighted by Gasteiger charge is 2.01. The molecule has 1 rings (SSSR count). The second-order valence-electron chi connectivity index (χ2n) is 3.53. The van der Waals surface area contributed by atoms with E-state index in [1.54, 1.807) is 24.5 Å². The standard InChI is InChI=1S/C12H18N2O2/c1-2-3-4-8-14-12(15)10-16-11-6-5-7-13-9-11/h5-7,9H,2-4,8,10H2,1H3,(H,14,15). The first-order chi connectivity index (χ1) is 7.83. The van der Waals surface area contributed by atoms with E-state index in [2.05, 4.69) is 17.2 Å². The minimum atomic E-state index is -0.0834. The fourth-order valence-corrected chi connectivity index (χ4v) is 1.24. The van der Waals surface area contributed by atoms with E-state index in [-0.39, 0.29) is 12.5 Å². The van der Waals surface area contributed by atoms with E-state index in [9.17, 15) is 4.79 Å². The van der Waals surface area contributed by atoms with E-state index in [1.165, 1.54) is 0 Å². The van der Waals surface area contributed by atoms with Crippen LogP contribution in [0.25, 0.3) is 0 Å². The molecule has 1 heterocycles. The lowest BCUT2D eigenvalue weighted by Gasteiger charge is -2.06. The van der Waals surface area contributed by atoms with Gasteiger partial charge in [0.25, 0.3) is 5.91 Å². The molecule has 0 unspecified atom stereocenters. The molecule has 1 amide bonds. The molecule has 0 aliphatic heterocycles. The molecule has 4 heteroatoms. The van der Waals surface area contributed by atoms with Gasteiger partial charge in [-0.25, -0.2) is 0 Å². The van der Waals surface area contributed by atoms with Crippen molar-refractivity contribution < 1.29 is 9.53 Å². The molecule has 16 heavy (non-hydrogen) atoms. The van der Waals surface area contributed by atoms with Crippen molar-refractivity contribution in [2.24, 2.45) is 0 Å². The Bertz CT molecular complexity index is 301. The largest absolute Gasteiger partial charge is 0.482 e. The highest BCUT2D eigenvalue weighted by Crippen LogP contribution is 2.05. The Labute approximate surface area is 96.0 Å². The van der Waals surface area contributed by atoms with Gasteiger partial charge in [-0.1, -0.05) is 19.8 Å². The van der Waals surface area contributed by atoms with Gasteiger partial charge in [-0.2, -0.15) is 0 Å². The number of unbranched alkanes of at least 4 members (excludes halogenated alkanes) is 2. The molecule has 1 aromatic heterocycles. The SMILES string of the molecule is CCCCCNC(=O)COc1cccnc1. The van der Waals surface area contributed by atoms with Gasteiger partial charge in [-0.05, 0) is 18.6 Å². The van der Waals surface area contributed by atoms with Crippen LogP contribution in [0.4, 0.5) is 0 Å². The Morgan fingerprint density at radius 2 is 2.38 bits per heavy atom. The van der Waals surface area contributed by atoms with Gasteiger partial charge in [0.05, 0.1) is 6.20 Å². The molecular weight excluding hydrogens is 204 g/mol. The molecule has 0 aliphatic carbocycles. The fraction of sp³-hybridized carbons (Fsp3) is 0.500. The zero-order valence-corrected chi connectivity index (χ0v) is 9.61. The van der Waals surface area contributed by atoms with Crippen LogP contribution in [0.3, 0.4) is 0 Å². The lowest BCUT2D eigenvalue weighted by molar-refractivity contribution is -0.123. The van der Waals surface area contributed by atoms with E-state index >= 15 is 0 Å². The third-order valence-corrected chi connectivity index (χ3v) is 2.11. The summed E-state index contributed by atoms with van der Waals surface area (Å²) in [5, 5.41) is 2.80. The number of nitrogens with zero attached hydrogens (tertiary/aromatic N) is 1. The predicted octanol–water partition coefficient (Wildman–Crippen LogP) is 1.77. The average molecular weight is 222 g/mol. The molecule has 0 spiro atoms. The molecule has 4 nitrogen and oxygen atoms in total. The molecule has 1 aromatic rings. The summed E-state index contributed by atoms with van der Waals surface area (Å²) in [6.07, 6.45) is 6.57. The lowest BCUT2D eigenvalue weighted by Crippen LogP contribution is -2.29. The second kappa shape index (κ2) is 7.68. The van der Waals surface area contributed by atoms with Gasteiger partial charge in [0.1, 0.15) is 5.75 Å². The van der Waals surface area contributed by atoms with Crippen LogP contribution < -0.4 is 10.1 Å². The van der Waals surface area contributed by atoms with Crippen molar-refractivity contribution in [3.8, 4) is 5.75 Å². The summed E-state index contributed by atoms with van der Waals surface area (Å²) in [4.78, 5) is 15.2. The number of hydrogen-bond donors (Lipinski definition) is 1. The molecule has 0 saturated heterocycles. The van der Waals surface area contributed by atoms with Crippen molar-refractivity contribution >= 4 is 5.91 Å². The van der Waals surface area contributed by atoms with Gasteiger partial charge < -0.3 is 10.1 Å². The zero-order chi connectivity index (χ0) is 11.6. The lowest BCUT2D eigenvalue weighted by atomic mass is 10.2. The van der Waals surface area contributed by atoms with E-state index in [0.29, 0.717) is 5.75 Å². The summed E-state index contributed by atoms with van der Waals surface area (Å²) < 4.78 is 5.25. The molecule has 0 saturated carbocycles. The number of rotatable bonds is 7. The van der Waals surface area contributed by atoms with E-state index < -0.39 is 0 Å². The topological polar surface area (TPSA) is 51.2 Å². The minimum absolute atomic E-state index is 0.0534. The molecule has 88 valence electrons. The van der Waals surface area contributed by atoms with Crippen LogP contribution in [0.15, 0.2) is 24.5 Å². The van der Waals surface area contributed by atoms with Crippen molar-refractivity contribution in [2.45, 2.75) is 26.2 Å². The van der Waals surface area contributed by atoms with Crippen LogP contribution in [0.5, 0.6) is 5.75 Å². The Hall–Kier alpha value is -1.58. The Kier molecular flexibility index (Phi) is 5.99. The van der Waals surface area contributed by atoms with E-state index in [4.69, 9.17) is 4.74 Å². The number of ether oxygens (including phenoxy) is 1. The maximum Gasteiger partial charge on any atom is 0.257 e. The highest BCUT2D eigenvalue weighted by atomic mass is 16.5. The number of nitrogens with one attached hydrogen (secondary N) is 1. The maximum atomic E-state index is 11.3. The second-order valence-corrected chi connectivity index (χ2v) is 3.53. The van der Waals surface area contributed by atoms with Crippen LogP contribution in [-0.2, 0) is 4.79 Å². The normalized spacial score (nSPS) is 9.81. The number of carbonyl (C=O) groups excluding carboxylic acids is 1. The molecular formula is C12H18N2O2. The van der Waals surface area contributed by atoms with Crippen molar-refractivity contribution in [1.82, 2.24) is 10.3 Å². The van der Waals surface area contributed by atoms with Crippen molar-refractivity contribution in [2.75, 3.05) is 13.2 Å².